The molecule has 0 unspecified atom stereocenters. The maximum atomic E-state index is 13.2. The Balaban J connectivity index is 0.960. The minimum atomic E-state index is -2.59. The van der Waals surface area contributed by atoms with Gasteiger partial charge >= 0.3 is 0 Å². The minimum Gasteiger partial charge on any atom is -0.394 e. The predicted octanol–water partition coefficient (Wildman–Crippen LogP) is -21.2. The van der Waals surface area contributed by atoms with E-state index in [0.29, 0.717) is 0 Å². The van der Waals surface area contributed by atoms with Crippen molar-refractivity contribution >= 4 is 23.6 Å². The van der Waals surface area contributed by atoms with Gasteiger partial charge < -0.3 is 249 Å². The monoisotopic (exact) mass is 1790 g/mol. The predicted molar refractivity (Wildman–Crippen MR) is 375 cm³/mol. The van der Waals surface area contributed by atoms with Gasteiger partial charge in [0.1, 0.15) is 238 Å². The van der Waals surface area contributed by atoms with Crippen LogP contribution in [0, 0.1) is 0 Å². The zero-order chi connectivity index (χ0) is 89.8. The Hall–Kier alpha value is -3.96. The van der Waals surface area contributed by atoms with Crippen molar-refractivity contribution in [3.05, 3.63) is 0 Å². The largest absolute Gasteiger partial charge is 0.394 e. The topological polar surface area (TPSA) is 838 Å². The lowest BCUT2D eigenvalue weighted by atomic mass is 9.93. The zero-order valence-electron chi connectivity index (χ0n) is 65.7. The molecule has 10 aliphatic heterocycles. The van der Waals surface area contributed by atoms with E-state index < -0.39 is 390 Å². The van der Waals surface area contributed by atoms with Gasteiger partial charge in [0.05, 0.1) is 65.6 Å². The van der Waals surface area contributed by atoms with E-state index in [9.17, 15) is 157 Å². The molecule has 0 radical (unpaired) electrons. The van der Waals surface area contributed by atoms with Gasteiger partial charge in [0.2, 0.25) is 23.6 Å². The van der Waals surface area contributed by atoms with Crippen molar-refractivity contribution in [2.75, 3.05) is 59.5 Å². The van der Waals surface area contributed by atoms with Crippen LogP contribution in [0.3, 0.4) is 0 Å². The van der Waals surface area contributed by atoms with Crippen LogP contribution in [0.5, 0.6) is 0 Å². The highest BCUT2D eigenvalue weighted by atomic mass is 16.8. The summed E-state index contributed by atoms with van der Waals surface area (Å²) in [6.45, 7) is -4.79. The average Bonchev–Trinajstić information content (AvgIpc) is 0.763. The van der Waals surface area contributed by atoms with Crippen molar-refractivity contribution in [2.24, 2.45) is 0 Å². The quantitative estimate of drug-likeness (QED) is 0.0306. The highest BCUT2D eigenvalue weighted by molar-refractivity contribution is 5.74. The standard InChI is InChI=1S/C68H114N4O50/c1-15-33(84)44(95)48(99)63(106-15)104-14-28-54(41(92)29(59(103)107-28)69-16(2)80)116-61-31(71-18(4)82)42(93)53(25(11-78)113-61)118-66-51(102)56(120-68-58(47(98)37(88)23(9-76)112-68)122-60-30(70-17(3)81)40(91)34(85)20(6-73)108-60)39(90)27(115-66)13-105-67-57(46(97)36(87)22(8-75)111-67)121-62-32(72-19(5)83)43(94)52(26(12-79)114-62)117-65-50(101)55(38(89)24(10-77)110-65)119-64-49(100)45(96)35(86)21(7-74)109-64/h15,20-68,73-79,84-103H,6-14H2,1-5H3,(H,69,80)(H,70,81)(H,71,82)(H,72,83)/t15-,20-,21-,22-,23-,24-,25-,26-,27-,28-,29-,30+,31-,32-,33+,34-,35+,36-,37-,38+,39-,40-,41-,42-,43-,44+,45+,46+,47+,48-,49-,50-,51+,52-,53-,54-,55+,56+,57+,58+,59-,60+,61+,62+,63+,64-,65+,66+,67+,68-/m1/s1. The second kappa shape index (κ2) is 43.6. The summed E-state index contributed by atoms with van der Waals surface area (Å²) in [5.74, 6) is -3.70. The first-order valence-corrected chi connectivity index (χ1v) is 39.0. The highest BCUT2D eigenvalue weighted by Gasteiger charge is 2.62. The summed E-state index contributed by atoms with van der Waals surface area (Å²) in [6.07, 6.45) is -95.1. The van der Waals surface area contributed by atoms with E-state index in [1.54, 1.807) is 0 Å². The summed E-state index contributed by atoms with van der Waals surface area (Å²) in [5, 5.41) is 311. The number of hydrogen-bond acceptors (Lipinski definition) is 50. The smallest absolute Gasteiger partial charge is 0.217 e. The molecule has 706 valence electrons. The molecular weight excluding hydrogens is 1670 g/mol. The molecule has 0 bridgehead atoms. The van der Waals surface area contributed by atoms with E-state index in [2.05, 4.69) is 21.3 Å². The fourth-order valence-electron chi connectivity index (χ4n) is 15.8. The molecule has 0 aliphatic carbocycles. The fraction of sp³-hybridized carbons (Fsp3) is 0.941. The van der Waals surface area contributed by atoms with Gasteiger partial charge in [-0.2, -0.15) is 0 Å². The van der Waals surface area contributed by atoms with E-state index in [-0.39, 0.29) is 0 Å². The summed E-state index contributed by atoms with van der Waals surface area (Å²) in [6, 6.07) is -7.57. The third-order valence-electron chi connectivity index (χ3n) is 22.4. The van der Waals surface area contributed by atoms with Crippen LogP contribution in [0.4, 0.5) is 0 Å². The molecule has 10 saturated heterocycles. The molecule has 0 saturated carbocycles. The molecule has 0 aromatic heterocycles. The van der Waals surface area contributed by atoms with Crippen molar-refractivity contribution in [2.45, 2.75) is 341 Å². The Bertz CT molecular complexity index is 3290. The number of aliphatic hydroxyl groups excluding tert-OH is 27. The Morgan fingerprint density at radius 1 is 0.230 bits per heavy atom. The molecule has 0 aromatic carbocycles. The zero-order valence-corrected chi connectivity index (χ0v) is 65.7. The first-order chi connectivity index (χ1) is 57.7. The van der Waals surface area contributed by atoms with E-state index in [1.807, 2.05) is 0 Å². The van der Waals surface area contributed by atoms with E-state index >= 15 is 0 Å². The number of carbonyl (C=O) groups is 4. The molecule has 4 amide bonds. The number of amides is 4. The van der Waals surface area contributed by atoms with E-state index in [0.717, 1.165) is 27.7 Å². The molecule has 10 heterocycles. The number of ether oxygens (including phenoxy) is 19. The number of aliphatic hydroxyl groups is 27. The van der Waals surface area contributed by atoms with E-state index in [4.69, 9.17) is 90.0 Å². The van der Waals surface area contributed by atoms with Crippen LogP contribution in [-0.2, 0) is 109 Å². The lowest BCUT2D eigenvalue weighted by molar-refractivity contribution is -0.397. The maximum Gasteiger partial charge on any atom is 0.217 e. The number of hydrogen-bond donors (Lipinski definition) is 31. The molecule has 50 atom stereocenters. The summed E-state index contributed by atoms with van der Waals surface area (Å²) < 4.78 is 113. The van der Waals surface area contributed by atoms with Crippen LogP contribution in [0.2, 0.25) is 0 Å². The number of nitrogens with one attached hydrogen (secondary N) is 4. The minimum absolute atomic E-state index is 0.840. The summed E-state index contributed by atoms with van der Waals surface area (Å²) in [4.78, 5) is 51.3. The molecule has 10 rings (SSSR count). The summed E-state index contributed by atoms with van der Waals surface area (Å²) >= 11 is 0. The Morgan fingerprint density at radius 2 is 0.508 bits per heavy atom. The fourth-order valence-corrected chi connectivity index (χ4v) is 15.8. The van der Waals surface area contributed by atoms with Crippen LogP contribution < -0.4 is 21.3 Å². The van der Waals surface area contributed by atoms with Crippen LogP contribution >= 0.6 is 0 Å². The number of rotatable bonds is 31. The van der Waals surface area contributed by atoms with Gasteiger partial charge in [-0.3, -0.25) is 19.2 Å². The van der Waals surface area contributed by atoms with Crippen molar-refractivity contribution in [3.8, 4) is 0 Å². The second-order valence-electron chi connectivity index (χ2n) is 31.0. The number of carbonyl (C=O) groups excluding carboxylic acids is 4. The van der Waals surface area contributed by atoms with Crippen molar-refractivity contribution in [1.29, 1.82) is 0 Å². The second-order valence-corrected chi connectivity index (χ2v) is 31.0. The van der Waals surface area contributed by atoms with Crippen LogP contribution in [0.1, 0.15) is 34.6 Å². The van der Waals surface area contributed by atoms with Crippen LogP contribution in [-0.4, -0.2) is 528 Å². The molecule has 10 fully saturated rings. The molecule has 31 N–H and O–H groups in total. The average molecular weight is 1790 g/mol. The highest BCUT2D eigenvalue weighted by Crippen LogP contribution is 2.41. The van der Waals surface area contributed by atoms with Crippen LogP contribution in [0.15, 0.2) is 0 Å². The van der Waals surface area contributed by atoms with Crippen LogP contribution in [0.25, 0.3) is 0 Å². The summed E-state index contributed by atoms with van der Waals surface area (Å²) in [5.41, 5.74) is 0. The molecular formula is C68H114N4O50. The van der Waals surface area contributed by atoms with Crippen molar-refractivity contribution in [1.82, 2.24) is 21.3 Å². The molecule has 0 spiro atoms. The first-order valence-electron chi connectivity index (χ1n) is 39.0. The Kier molecular flexibility index (Phi) is 35.8. The van der Waals surface area contributed by atoms with Gasteiger partial charge in [-0.1, -0.05) is 0 Å². The third-order valence-corrected chi connectivity index (χ3v) is 22.4. The van der Waals surface area contributed by atoms with Gasteiger partial charge in [-0.25, -0.2) is 0 Å². The summed E-state index contributed by atoms with van der Waals surface area (Å²) in [7, 11) is 0. The molecule has 54 heteroatoms. The van der Waals surface area contributed by atoms with E-state index in [1.165, 1.54) is 6.92 Å². The van der Waals surface area contributed by atoms with Gasteiger partial charge in [-0.15, -0.1) is 0 Å². The maximum absolute atomic E-state index is 13.2. The van der Waals surface area contributed by atoms with Crippen molar-refractivity contribution in [3.63, 3.8) is 0 Å². The third kappa shape index (κ3) is 22.0. The SMILES string of the molecule is CC(=O)N[C@@H]1[C@H](O[C@@H]2[C@@H](O[C@@H]3[C@H](O)[C@H](O[C@H]4[C@H](O)[C@@H](NC(C)=O)[C@H](O[C@H]5[C@H](O)[C@@H](NC(C)=O)[C@H](O)O[C@@H]5CO[C@H]5O[C@H](C)[C@H](O)[C@H](O)[C@H]5O)O[C@@H]4CO)O[C@H](CO[C@H]4O[C@H](CO)[C@@H](O)[C@H](O)[C@@H]4O[C@@H]4O[C@H](CO)[C@@H](O[C@@H]5O[C@H](CO)[C@H](O)[C@H](O[C@H]6O[C@H](CO)[C@H](O)[C@H](O)[C@H]6O)[C@H]5O)[C@H](O)[C@H]4NC(C)=O)[C@H]3O)O[C@H](CO)[C@@H](O)[C@@H]2O)O[C@H](CO)[C@@H](O)[C@@H]1O. The molecule has 122 heavy (non-hydrogen) atoms. The van der Waals surface area contributed by atoms with Gasteiger partial charge in [0, 0.05) is 27.7 Å². The normalized spacial score (nSPS) is 49.7. The lowest BCUT2D eigenvalue weighted by Gasteiger charge is -2.51. The molecule has 0 aromatic rings. The Labute approximate surface area is 691 Å². The molecule has 54 nitrogen and oxygen atoms in total. The first kappa shape index (κ1) is 100. The Morgan fingerprint density at radius 3 is 0.959 bits per heavy atom. The van der Waals surface area contributed by atoms with Gasteiger partial charge in [0.25, 0.3) is 0 Å². The molecule has 10 aliphatic rings. The van der Waals surface area contributed by atoms with Gasteiger partial charge in [0.15, 0.2) is 62.9 Å². The van der Waals surface area contributed by atoms with Gasteiger partial charge in [-0.05, 0) is 6.92 Å². The van der Waals surface area contributed by atoms with Crippen molar-refractivity contribution < 1.29 is 247 Å². The lowest BCUT2D eigenvalue weighted by Crippen LogP contribution is -2.71.